The number of hydrogen-bond acceptors (Lipinski definition) is 4. The van der Waals surface area contributed by atoms with Crippen LogP contribution in [0, 0.1) is 6.92 Å². The lowest BCUT2D eigenvalue weighted by Crippen LogP contribution is -2.42. The largest absolute Gasteiger partial charge is 0.305 e. The van der Waals surface area contributed by atoms with E-state index < -0.39 is 0 Å². The van der Waals surface area contributed by atoms with Crippen LogP contribution in [0.2, 0.25) is 0 Å². The Morgan fingerprint density at radius 3 is 2.08 bits per heavy atom. The van der Waals surface area contributed by atoms with E-state index in [4.69, 9.17) is 10.1 Å². The van der Waals surface area contributed by atoms with Gasteiger partial charge in [0.15, 0.2) is 5.82 Å². The molecule has 5 aromatic rings. The Bertz CT molecular complexity index is 1670. The molecular formula is C34H31N5. The molecule has 3 heterocycles. The lowest BCUT2D eigenvalue weighted by atomic mass is 9.93. The number of anilines is 2. The van der Waals surface area contributed by atoms with Crippen LogP contribution in [0.5, 0.6) is 0 Å². The van der Waals surface area contributed by atoms with E-state index in [1.54, 1.807) is 0 Å². The molecule has 0 aliphatic carbocycles. The number of nitrogens with zero attached hydrogens (tertiary/aromatic N) is 5. The summed E-state index contributed by atoms with van der Waals surface area (Å²) in [6, 6.07) is 38.7. The van der Waals surface area contributed by atoms with Crippen LogP contribution in [0.4, 0.5) is 17.2 Å². The maximum absolute atomic E-state index is 5.39. The first-order valence-corrected chi connectivity index (χ1v) is 13.6. The Hall–Kier alpha value is -4.64. The lowest BCUT2D eigenvalue weighted by molar-refractivity contribution is 0.806. The van der Waals surface area contributed by atoms with Crippen molar-refractivity contribution in [1.82, 2.24) is 9.78 Å². The average molecular weight is 510 g/mol. The molecule has 0 fully saturated rings. The van der Waals surface area contributed by atoms with Crippen LogP contribution in [0.25, 0.3) is 5.69 Å². The van der Waals surface area contributed by atoms with Crippen molar-refractivity contribution in [3.8, 4) is 5.69 Å². The van der Waals surface area contributed by atoms with E-state index in [0.717, 1.165) is 35.3 Å². The van der Waals surface area contributed by atoms with Crippen LogP contribution >= 0.6 is 0 Å². The third-order valence-corrected chi connectivity index (χ3v) is 7.81. The Labute approximate surface area is 229 Å². The summed E-state index contributed by atoms with van der Waals surface area (Å²) in [5, 5.41) is 5.04. The first-order valence-electron chi connectivity index (χ1n) is 13.6. The van der Waals surface area contributed by atoms with E-state index in [0.29, 0.717) is 5.92 Å². The fraction of sp³-hybridized carbons (Fsp3) is 0.176. The second kappa shape index (κ2) is 9.28. The molecule has 1 aromatic heterocycles. The summed E-state index contributed by atoms with van der Waals surface area (Å²) in [6.07, 6.45) is 0. The lowest BCUT2D eigenvalue weighted by Gasteiger charge is -2.35. The van der Waals surface area contributed by atoms with Gasteiger partial charge in [-0.15, -0.1) is 0 Å². The zero-order chi connectivity index (χ0) is 26.5. The smallest absolute Gasteiger partial charge is 0.213 e. The highest BCUT2D eigenvalue weighted by molar-refractivity contribution is 6.18. The van der Waals surface area contributed by atoms with Crippen molar-refractivity contribution in [3.05, 3.63) is 137 Å². The van der Waals surface area contributed by atoms with Gasteiger partial charge in [-0.25, -0.2) is 4.68 Å². The predicted molar refractivity (Wildman–Crippen MR) is 159 cm³/mol. The standard InChI is InChI=1S/C34H31N5/c1-23(2)26-18-20-27(21-19-26)32-31-24(3)36-39(28-14-8-5-9-15-28)33(31)35-34-37(22-25-12-6-4-7-13-25)29-16-10-11-17-30(29)38(32)34/h4-21,23,32H,22H2,1-3H3/t32-/m1/s1. The molecule has 4 aromatic carbocycles. The van der Waals surface area contributed by atoms with Gasteiger partial charge < -0.3 is 4.90 Å². The minimum Gasteiger partial charge on any atom is -0.305 e. The molecule has 0 spiro atoms. The van der Waals surface area contributed by atoms with Gasteiger partial charge >= 0.3 is 0 Å². The van der Waals surface area contributed by atoms with Crippen molar-refractivity contribution in [2.75, 3.05) is 9.80 Å². The van der Waals surface area contributed by atoms with Gasteiger partial charge in [0.05, 0.1) is 35.3 Å². The first kappa shape index (κ1) is 23.5. The number of rotatable bonds is 5. The molecule has 0 N–H and O–H groups in total. The number of fused-ring (bicyclic) bond motifs is 4. The van der Waals surface area contributed by atoms with Crippen LogP contribution in [-0.4, -0.2) is 15.7 Å². The zero-order valence-corrected chi connectivity index (χ0v) is 22.5. The molecule has 5 nitrogen and oxygen atoms in total. The first-order chi connectivity index (χ1) is 19.1. The van der Waals surface area contributed by atoms with Crippen LogP contribution < -0.4 is 9.80 Å². The van der Waals surface area contributed by atoms with E-state index in [-0.39, 0.29) is 6.04 Å². The number of guanidine groups is 1. The highest BCUT2D eigenvalue weighted by Crippen LogP contribution is 2.51. The fourth-order valence-corrected chi connectivity index (χ4v) is 5.84. The summed E-state index contributed by atoms with van der Waals surface area (Å²) in [5.74, 6) is 2.31. The topological polar surface area (TPSA) is 36.7 Å². The van der Waals surface area contributed by atoms with Crippen LogP contribution in [0.3, 0.4) is 0 Å². The SMILES string of the molecule is Cc1nn(-c2ccccc2)c2c1[C@@H](c1ccc(C(C)C)cc1)N1C(=N2)N(Cc2ccccc2)c2ccccc21. The fourth-order valence-electron chi connectivity index (χ4n) is 5.84. The number of hydrogen-bond donors (Lipinski definition) is 0. The van der Waals surface area contributed by atoms with Crippen molar-refractivity contribution in [2.45, 2.75) is 39.3 Å². The molecular weight excluding hydrogens is 478 g/mol. The van der Waals surface area contributed by atoms with Crippen LogP contribution in [-0.2, 0) is 6.54 Å². The number of para-hydroxylation sites is 3. The van der Waals surface area contributed by atoms with Gasteiger partial charge in [0, 0.05) is 5.56 Å². The Kier molecular flexibility index (Phi) is 5.58. The highest BCUT2D eigenvalue weighted by Gasteiger charge is 2.44. The molecule has 0 saturated heterocycles. The van der Waals surface area contributed by atoms with E-state index >= 15 is 0 Å². The molecule has 5 heteroatoms. The van der Waals surface area contributed by atoms with Gasteiger partial charge in [0.2, 0.25) is 5.96 Å². The second-order valence-corrected chi connectivity index (χ2v) is 10.6. The van der Waals surface area contributed by atoms with Crippen molar-refractivity contribution in [1.29, 1.82) is 0 Å². The minimum atomic E-state index is -0.0481. The molecule has 192 valence electrons. The second-order valence-electron chi connectivity index (χ2n) is 10.6. The number of aryl methyl sites for hydroxylation is 1. The summed E-state index contributed by atoms with van der Waals surface area (Å²) >= 11 is 0. The van der Waals surface area contributed by atoms with E-state index in [2.05, 4.69) is 134 Å². The summed E-state index contributed by atoms with van der Waals surface area (Å²) in [7, 11) is 0. The van der Waals surface area contributed by atoms with Crippen molar-refractivity contribution in [2.24, 2.45) is 4.99 Å². The maximum Gasteiger partial charge on any atom is 0.213 e. The predicted octanol–water partition coefficient (Wildman–Crippen LogP) is 7.92. The van der Waals surface area contributed by atoms with E-state index in [9.17, 15) is 0 Å². The van der Waals surface area contributed by atoms with Crippen LogP contribution in [0.15, 0.2) is 114 Å². The van der Waals surface area contributed by atoms with E-state index in [1.165, 1.54) is 28.1 Å². The quantitative estimate of drug-likeness (QED) is 0.241. The van der Waals surface area contributed by atoms with E-state index in [1.807, 2.05) is 10.7 Å². The summed E-state index contributed by atoms with van der Waals surface area (Å²) in [5.41, 5.74) is 9.32. The molecule has 2 aliphatic heterocycles. The maximum atomic E-state index is 5.39. The van der Waals surface area contributed by atoms with Gasteiger partial charge in [-0.05, 0) is 53.8 Å². The summed E-state index contributed by atoms with van der Waals surface area (Å²) < 4.78 is 2.01. The van der Waals surface area contributed by atoms with Crippen molar-refractivity contribution >= 4 is 23.2 Å². The summed E-state index contributed by atoms with van der Waals surface area (Å²) in [4.78, 5) is 10.1. The van der Waals surface area contributed by atoms with Gasteiger partial charge in [0.25, 0.3) is 0 Å². The Morgan fingerprint density at radius 2 is 1.38 bits per heavy atom. The molecule has 0 bridgehead atoms. The zero-order valence-electron chi connectivity index (χ0n) is 22.5. The molecule has 7 rings (SSSR count). The number of aliphatic imine (C=N–C) groups is 1. The molecule has 0 amide bonds. The molecule has 2 aliphatic rings. The van der Waals surface area contributed by atoms with Crippen molar-refractivity contribution in [3.63, 3.8) is 0 Å². The third-order valence-electron chi connectivity index (χ3n) is 7.81. The van der Waals surface area contributed by atoms with Gasteiger partial charge in [0.1, 0.15) is 0 Å². The monoisotopic (exact) mass is 509 g/mol. The number of benzene rings is 4. The highest BCUT2D eigenvalue weighted by atomic mass is 15.5. The average Bonchev–Trinajstić information content (AvgIpc) is 3.47. The van der Waals surface area contributed by atoms with Crippen LogP contribution in [0.1, 0.15) is 53.8 Å². The minimum absolute atomic E-state index is 0.0481. The molecule has 0 unspecified atom stereocenters. The summed E-state index contributed by atoms with van der Waals surface area (Å²) in [6.45, 7) is 7.33. The molecule has 1 atom stereocenters. The molecule has 39 heavy (non-hydrogen) atoms. The Morgan fingerprint density at radius 1 is 0.744 bits per heavy atom. The van der Waals surface area contributed by atoms with Crippen molar-refractivity contribution < 1.29 is 0 Å². The van der Waals surface area contributed by atoms with Gasteiger partial charge in [-0.3, -0.25) is 4.90 Å². The third kappa shape index (κ3) is 3.85. The normalized spacial score (nSPS) is 15.7. The van der Waals surface area contributed by atoms with Gasteiger partial charge in [-0.2, -0.15) is 10.1 Å². The molecule has 0 radical (unpaired) electrons. The number of aromatic nitrogens is 2. The molecule has 0 saturated carbocycles. The Balaban J connectivity index is 1.47. The van der Waals surface area contributed by atoms with Gasteiger partial charge in [-0.1, -0.05) is 98.8 Å².